The van der Waals surface area contributed by atoms with E-state index in [0.717, 1.165) is 11.1 Å². The molecule has 0 spiro atoms. The van der Waals surface area contributed by atoms with Crippen molar-refractivity contribution in [3.63, 3.8) is 0 Å². The Kier molecular flexibility index (Phi) is 4.38. The molecule has 1 aliphatic rings. The molecule has 2 heterocycles. The molecule has 126 valence electrons. The molecular weight excluding hydrogens is 306 g/mol. The van der Waals surface area contributed by atoms with E-state index >= 15 is 0 Å². The summed E-state index contributed by atoms with van der Waals surface area (Å²) in [5.41, 5.74) is 2.57. The average molecular weight is 327 g/mol. The Morgan fingerprint density at radius 2 is 2.04 bits per heavy atom. The van der Waals surface area contributed by atoms with E-state index in [-0.39, 0.29) is 18.4 Å². The van der Waals surface area contributed by atoms with Crippen LogP contribution in [-0.4, -0.2) is 44.8 Å². The van der Waals surface area contributed by atoms with E-state index in [0.29, 0.717) is 18.7 Å². The third-order valence-electron chi connectivity index (χ3n) is 4.72. The maximum atomic E-state index is 12.7. The summed E-state index contributed by atoms with van der Waals surface area (Å²) in [6.45, 7) is 5.26. The number of carboxylic acids is 1. The molecule has 6 heteroatoms. The Labute approximate surface area is 140 Å². The summed E-state index contributed by atoms with van der Waals surface area (Å²) in [6, 6.07) is 7.78. The molecule has 0 unspecified atom stereocenters. The Hall–Kier alpha value is -2.63. The second-order valence-corrected chi connectivity index (χ2v) is 6.20. The number of hydrogen-bond acceptors (Lipinski definition) is 3. The van der Waals surface area contributed by atoms with Gasteiger partial charge >= 0.3 is 5.97 Å². The van der Waals surface area contributed by atoms with Gasteiger partial charge in [0, 0.05) is 31.7 Å². The van der Waals surface area contributed by atoms with E-state index in [1.807, 2.05) is 38.1 Å². The summed E-state index contributed by atoms with van der Waals surface area (Å²) in [7, 11) is 0. The molecule has 1 saturated heterocycles. The number of aromatic nitrogens is 2. The lowest BCUT2D eigenvalue weighted by atomic mass is 9.86. The van der Waals surface area contributed by atoms with Gasteiger partial charge in [0.2, 0.25) is 0 Å². The highest BCUT2D eigenvalue weighted by molar-refractivity contribution is 5.94. The molecule has 0 bridgehead atoms. The van der Waals surface area contributed by atoms with Gasteiger partial charge in [0.05, 0.1) is 17.7 Å². The average Bonchev–Trinajstić information content (AvgIpc) is 3.22. The number of rotatable bonds is 4. The van der Waals surface area contributed by atoms with E-state index in [9.17, 15) is 14.7 Å². The fourth-order valence-corrected chi connectivity index (χ4v) is 3.37. The molecule has 1 aliphatic heterocycles. The van der Waals surface area contributed by atoms with Crippen LogP contribution in [0.5, 0.6) is 0 Å². The maximum absolute atomic E-state index is 12.7. The first kappa shape index (κ1) is 16.2. The quantitative estimate of drug-likeness (QED) is 0.933. The van der Waals surface area contributed by atoms with Gasteiger partial charge in [-0.3, -0.25) is 14.3 Å². The number of aliphatic carboxylic acids is 1. The van der Waals surface area contributed by atoms with Crippen molar-refractivity contribution in [1.29, 1.82) is 0 Å². The van der Waals surface area contributed by atoms with E-state index < -0.39 is 11.9 Å². The highest BCUT2D eigenvalue weighted by Gasteiger charge is 2.41. The molecule has 1 fully saturated rings. The SMILES string of the molecule is CCn1cc(C(=O)N2C[C@@H](C(=O)O)[C@H](c3ccccc3C)C2)cn1. The predicted octanol–water partition coefficient (Wildman–Crippen LogP) is 2.15. The zero-order valence-electron chi connectivity index (χ0n) is 13.8. The number of likely N-dealkylation sites (tertiary alicyclic amines) is 1. The number of carbonyl (C=O) groups excluding carboxylic acids is 1. The molecule has 1 aromatic heterocycles. The first-order valence-corrected chi connectivity index (χ1v) is 8.11. The normalized spacial score (nSPS) is 20.3. The number of hydrogen-bond donors (Lipinski definition) is 1. The monoisotopic (exact) mass is 327 g/mol. The minimum atomic E-state index is -0.859. The van der Waals surface area contributed by atoms with Gasteiger partial charge < -0.3 is 10.0 Å². The molecule has 2 atom stereocenters. The predicted molar refractivity (Wildman–Crippen MR) is 88.9 cm³/mol. The molecule has 0 radical (unpaired) electrons. The summed E-state index contributed by atoms with van der Waals surface area (Å²) < 4.78 is 1.69. The van der Waals surface area contributed by atoms with Gasteiger partial charge in [-0.25, -0.2) is 0 Å². The summed E-state index contributed by atoms with van der Waals surface area (Å²) in [5, 5.41) is 13.7. The summed E-state index contributed by atoms with van der Waals surface area (Å²) >= 11 is 0. The van der Waals surface area contributed by atoms with Crippen molar-refractivity contribution in [2.45, 2.75) is 26.3 Å². The molecule has 1 amide bonds. The van der Waals surface area contributed by atoms with Crippen LogP contribution in [-0.2, 0) is 11.3 Å². The van der Waals surface area contributed by atoms with E-state index in [1.54, 1.807) is 22.0 Å². The van der Waals surface area contributed by atoms with Gasteiger partial charge in [-0.2, -0.15) is 5.10 Å². The smallest absolute Gasteiger partial charge is 0.308 e. The number of aryl methyl sites for hydroxylation is 2. The van der Waals surface area contributed by atoms with Crippen LogP contribution in [0.4, 0.5) is 0 Å². The van der Waals surface area contributed by atoms with Crippen LogP contribution in [0.3, 0.4) is 0 Å². The summed E-state index contributed by atoms with van der Waals surface area (Å²) in [5.74, 6) is -1.79. The minimum Gasteiger partial charge on any atom is -0.481 e. The van der Waals surface area contributed by atoms with Crippen molar-refractivity contribution in [3.05, 3.63) is 53.3 Å². The standard InChI is InChI=1S/C18H21N3O3/c1-3-21-9-13(8-19-21)17(22)20-10-15(16(11-20)18(23)24)14-7-5-4-6-12(14)2/h4-9,15-16H,3,10-11H2,1-2H3,(H,23,24)/t15-,16+/m0/s1. The van der Waals surface area contributed by atoms with Crippen molar-refractivity contribution in [1.82, 2.24) is 14.7 Å². The van der Waals surface area contributed by atoms with Gasteiger partial charge in [-0.05, 0) is 25.0 Å². The van der Waals surface area contributed by atoms with Crippen molar-refractivity contribution < 1.29 is 14.7 Å². The minimum absolute atomic E-state index is 0.156. The third-order valence-corrected chi connectivity index (χ3v) is 4.72. The molecular formula is C18H21N3O3. The first-order chi connectivity index (χ1) is 11.5. The van der Waals surface area contributed by atoms with Crippen molar-refractivity contribution >= 4 is 11.9 Å². The van der Waals surface area contributed by atoms with Crippen LogP contribution in [0.2, 0.25) is 0 Å². The number of carbonyl (C=O) groups is 2. The fourth-order valence-electron chi connectivity index (χ4n) is 3.37. The lowest BCUT2D eigenvalue weighted by molar-refractivity contribution is -0.141. The maximum Gasteiger partial charge on any atom is 0.308 e. The molecule has 3 rings (SSSR count). The van der Waals surface area contributed by atoms with Crippen LogP contribution in [0.15, 0.2) is 36.7 Å². The molecule has 6 nitrogen and oxygen atoms in total. The van der Waals surface area contributed by atoms with Crippen LogP contribution in [0, 0.1) is 12.8 Å². The molecule has 0 saturated carbocycles. The summed E-state index contributed by atoms with van der Waals surface area (Å²) in [4.78, 5) is 26.0. The number of carboxylic acid groups (broad SMARTS) is 1. The van der Waals surface area contributed by atoms with Crippen molar-refractivity contribution in [3.8, 4) is 0 Å². The van der Waals surface area contributed by atoms with Gasteiger partial charge in [-0.15, -0.1) is 0 Å². The number of amides is 1. The largest absolute Gasteiger partial charge is 0.481 e. The lowest BCUT2D eigenvalue weighted by Crippen LogP contribution is -2.29. The highest BCUT2D eigenvalue weighted by atomic mass is 16.4. The van der Waals surface area contributed by atoms with Crippen LogP contribution in [0.1, 0.15) is 34.3 Å². The topological polar surface area (TPSA) is 75.4 Å². The number of benzene rings is 1. The van der Waals surface area contributed by atoms with E-state index in [1.165, 1.54) is 0 Å². The zero-order chi connectivity index (χ0) is 17.3. The highest BCUT2D eigenvalue weighted by Crippen LogP contribution is 2.35. The fraction of sp³-hybridized carbons (Fsp3) is 0.389. The van der Waals surface area contributed by atoms with Crippen molar-refractivity contribution in [2.75, 3.05) is 13.1 Å². The lowest BCUT2D eigenvalue weighted by Gasteiger charge is -2.17. The zero-order valence-corrected chi connectivity index (χ0v) is 13.8. The molecule has 1 aromatic carbocycles. The Bertz CT molecular complexity index is 768. The molecule has 1 N–H and O–H groups in total. The van der Waals surface area contributed by atoms with Crippen LogP contribution >= 0.6 is 0 Å². The van der Waals surface area contributed by atoms with Gasteiger partial charge in [0.15, 0.2) is 0 Å². The number of nitrogens with zero attached hydrogens (tertiary/aromatic N) is 3. The van der Waals surface area contributed by atoms with Crippen LogP contribution in [0.25, 0.3) is 0 Å². The Balaban J connectivity index is 1.86. The van der Waals surface area contributed by atoms with Gasteiger partial charge in [0.1, 0.15) is 0 Å². The van der Waals surface area contributed by atoms with E-state index in [2.05, 4.69) is 5.10 Å². The Morgan fingerprint density at radius 1 is 1.29 bits per heavy atom. The Morgan fingerprint density at radius 3 is 2.67 bits per heavy atom. The third kappa shape index (κ3) is 2.91. The second-order valence-electron chi connectivity index (χ2n) is 6.20. The van der Waals surface area contributed by atoms with Crippen LogP contribution < -0.4 is 0 Å². The molecule has 24 heavy (non-hydrogen) atoms. The van der Waals surface area contributed by atoms with Gasteiger partial charge in [0.25, 0.3) is 5.91 Å². The second kappa shape index (κ2) is 6.47. The van der Waals surface area contributed by atoms with E-state index in [4.69, 9.17) is 0 Å². The molecule has 0 aliphatic carbocycles. The van der Waals surface area contributed by atoms with Gasteiger partial charge in [-0.1, -0.05) is 24.3 Å². The van der Waals surface area contributed by atoms with Crippen molar-refractivity contribution in [2.24, 2.45) is 5.92 Å². The first-order valence-electron chi connectivity index (χ1n) is 8.11. The summed E-state index contributed by atoms with van der Waals surface area (Å²) in [6.07, 6.45) is 3.25. The molecule has 2 aromatic rings.